The van der Waals surface area contributed by atoms with E-state index in [-0.39, 0.29) is 18.4 Å². The molecule has 0 atom stereocenters. The highest BCUT2D eigenvalue weighted by molar-refractivity contribution is 7.98. The molecule has 0 aromatic heterocycles. The monoisotopic (exact) mass is 320 g/mol. The van der Waals surface area contributed by atoms with Crippen LogP contribution >= 0.6 is 11.8 Å². The molecule has 0 saturated heterocycles. The molecule has 3 nitrogen and oxygen atoms in total. The molecule has 0 aliphatic heterocycles. The van der Waals surface area contributed by atoms with Gasteiger partial charge in [0.15, 0.2) is 0 Å². The normalized spacial score (nSPS) is 10.3. The molecule has 22 heavy (non-hydrogen) atoms. The first kappa shape index (κ1) is 16.4. The van der Waals surface area contributed by atoms with Crippen LogP contribution in [0.1, 0.15) is 18.9 Å². The fourth-order valence-corrected chi connectivity index (χ4v) is 2.48. The minimum atomic E-state index is -0.311. The molecular formula is C17H17FO3S. The zero-order chi connectivity index (χ0) is 15.9. The van der Waals surface area contributed by atoms with Gasteiger partial charge in [-0.2, -0.15) is 0 Å². The summed E-state index contributed by atoms with van der Waals surface area (Å²) in [5.41, 5.74) is 0.807. The summed E-state index contributed by atoms with van der Waals surface area (Å²) in [6, 6.07) is 11.3. The Hall–Kier alpha value is -2.01. The second-order valence-corrected chi connectivity index (χ2v) is 5.36. The maximum Gasteiger partial charge on any atom is 0.310 e. The van der Waals surface area contributed by atoms with Gasteiger partial charge in [-0.3, -0.25) is 4.79 Å². The third-order valence-corrected chi connectivity index (χ3v) is 3.84. The predicted molar refractivity (Wildman–Crippen MR) is 84.9 cm³/mol. The number of esters is 1. The number of carbonyl (C=O) groups is 1. The van der Waals surface area contributed by atoms with Crippen molar-refractivity contribution < 1.29 is 18.7 Å². The molecule has 0 radical (unpaired) electrons. The Morgan fingerprint density at radius 3 is 2.55 bits per heavy atom. The van der Waals surface area contributed by atoms with Gasteiger partial charge in [0.2, 0.25) is 0 Å². The SMILES string of the molecule is CCC(=O)Oc1cccc(SC)c1COc1ccc(F)cc1. The summed E-state index contributed by atoms with van der Waals surface area (Å²) in [5, 5.41) is 0. The molecule has 116 valence electrons. The summed E-state index contributed by atoms with van der Waals surface area (Å²) in [7, 11) is 0. The molecule has 2 aromatic carbocycles. The largest absolute Gasteiger partial charge is 0.489 e. The van der Waals surface area contributed by atoms with Crippen molar-refractivity contribution in [3.63, 3.8) is 0 Å². The lowest BCUT2D eigenvalue weighted by molar-refractivity contribution is -0.134. The van der Waals surface area contributed by atoms with Crippen molar-refractivity contribution >= 4 is 17.7 Å². The van der Waals surface area contributed by atoms with E-state index in [2.05, 4.69) is 0 Å². The highest BCUT2D eigenvalue weighted by Crippen LogP contribution is 2.30. The lowest BCUT2D eigenvalue weighted by Crippen LogP contribution is -2.09. The smallest absolute Gasteiger partial charge is 0.310 e. The lowest BCUT2D eigenvalue weighted by atomic mass is 10.2. The second-order valence-electron chi connectivity index (χ2n) is 4.51. The van der Waals surface area contributed by atoms with E-state index >= 15 is 0 Å². The van der Waals surface area contributed by atoms with E-state index in [0.29, 0.717) is 17.9 Å². The van der Waals surface area contributed by atoms with E-state index < -0.39 is 0 Å². The highest BCUT2D eigenvalue weighted by atomic mass is 32.2. The Morgan fingerprint density at radius 2 is 1.91 bits per heavy atom. The first-order valence-corrected chi connectivity index (χ1v) is 8.11. The van der Waals surface area contributed by atoms with Gasteiger partial charge in [0.05, 0.1) is 0 Å². The van der Waals surface area contributed by atoms with Gasteiger partial charge in [-0.15, -0.1) is 11.8 Å². The van der Waals surface area contributed by atoms with Crippen molar-refractivity contribution in [3.8, 4) is 11.5 Å². The van der Waals surface area contributed by atoms with Gasteiger partial charge in [0, 0.05) is 16.9 Å². The molecule has 2 rings (SSSR count). The lowest BCUT2D eigenvalue weighted by Gasteiger charge is -2.14. The van der Waals surface area contributed by atoms with Crippen molar-refractivity contribution in [2.24, 2.45) is 0 Å². The average Bonchev–Trinajstić information content (AvgIpc) is 2.54. The molecule has 0 aliphatic carbocycles. The van der Waals surface area contributed by atoms with E-state index in [1.54, 1.807) is 36.9 Å². The van der Waals surface area contributed by atoms with Crippen LogP contribution in [-0.4, -0.2) is 12.2 Å². The van der Waals surface area contributed by atoms with Crippen LogP contribution in [0.5, 0.6) is 11.5 Å². The minimum absolute atomic E-state index is 0.245. The molecule has 0 fully saturated rings. The Bertz CT molecular complexity index is 641. The molecule has 5 heteroatoms. The number of hydrogen-bond acceptors (Lipinski definition) is 4. The summed E-state index contributed by atoms with van der Waals surface area (Å²) in [6.45, 7) is 1.99. The average molecular weight is 320 g/mol. The van der Waals surface area contributed by atoms with Gasteiger partial charge < -0.3 is 9.47 Å². The first-order chi connectivity index (χ1) is 10.6. The van der Waals surface area contributed by atoms with Crippen LogP contribution in [0.2, 0.25) is 0 Å². The molecule has 0 amide bonds. The van der Waals surface area contributed by atoms with Crippen molar-refractivity contribution in [1.29, 1.82) is 0 Å². The number of ether oxygens (including phenoxy) is 2. The Kier molecular flexibility index (Phi) is 5.83. The first-order valence-electron chi connectivity index (χ1n) is 6.89. The van der Waals surface area contributed by atoms with E-state index in [9.17, 15) is 9.18 Å². The fourth-order valence-electron chi connectivity index (χ4n) is 1.86. The number of thioether (sulfide) groups is 1. The Balaban J connectivity index is 2.19. The summed E-state index contributed by atoms with van der Waals surface area (Å²) in [5.74, 6) is 0.460. The molecular weight excluding hydrogens is 303 g/mol. The van der Waals surface area contributed by atoms with Gasteiger partial charge >= 0.3 is 5.97 Å². The van der Waals surface area contributed by atoms with Crippen molar-refractivity contribution in [2.75, 3.05) is 6.26 Å². The predicted octanol–water partition coefficient (Wildman–Crippen LogP) is 4.44. The zero-order valence-corrected chi connectivity index (χ0v) is 13.3. The van der Waals surface area contributed by atoms with Gasteiger partial charge in [-0.05, 0) is 42.7 Å². The molecule has 0 saturated carbocycles. The zero-order valence-electron chi connectivity index (χ0n) is 12.5. The molecule has 0 heterocycles. The number of hydrogen-bond donors (Lipinski definition) is 0. The van der Waals surface area contributed by atoms with Gasteiger partial charge in [-0.1, -0.05) is 13.0 Å². The molecule has 0 unspecified atom stereocenters. The van der Waals surface area contributed by atoms with Gasteiger partial charge in [0.25, 0.3) is 0 Å². The van der Waals surface area contributed by atoms with Crippen LogP contribution in [0.25, 0.3) is 0 Å². The van der Waals surface area contributed by atoms with E-state index in [4.69, 9.17) is 9.47 Å². The third-order valence-electron chi connectivity index (χ3n) is 3.02. The standard InChI is InChI=1S/C17H17FO3S/c1-3-17(19)21-15-5-4-6-16(22-2)14(15)11-20-13-9-7-12(18)8-10-13/h4-10H,3,11H2,1-2H3. The molecule has 0 aliphatic rings. The Morgan fingerprint density at radius 1 is 1.18 bits per heavy atom. The van der Waals surface area contributed by atoms with Crippen LogP contribution in [0.3, 0.4) is 0 Å². The van der Waals surface area contributed by atoms with Crippen LogP contribution in [-0.2, 0) is 11.4 Å². The number of benzene rings is 2. The molecule has 0 N–H and O–H groups in total. The van der Waals surface area contributed by atoms with Crippen molar-refractivity contribution in [1.82, 2.24) is 0 Å². The van der Waals surface area contributed by atoms with Crippen LogP contribution in [0.4, 0.5) is 4.39 Å². The van der Waals surface area contributed by atoms with E-state index in [1.165, 1.54) is 12.1 Å². The maximum atomic E-state index is 12.9. The van der Waals surface area contributed by atoms with E-state index in [0.717, 1.165) is 10.5 Å². The number of carbonyl (C=O) groups excluding carboxylic acids is 1. The van der Waals surface area contributed by atoms with E-state index in [1.807, 2.05) is 18.4 Å². The minimum Gasteiger partial charge on any atom is -0.489 e. The summed E-state index contributed by atoms with van der Waals surface area (Å²) < 4.78 is 23.9. The molecule has 2 aromatic rings. The van der Waals surface area contributed by atoms with Gasteiger partial charge in [0.1, 0.15) is 23.9 Å². The van der Waals surface area contributed by atoms with Gasteiger partial charge in [-0.25, -0.2) is 4.39 Å². The fraction of sp³-hybridized carbons (Fsp3) is 0.235. The summed E-state index contributed by atoms with van der Waals surface area (Å²) >= 11 is 1.55. The third kappa shape index (κ3) is 4.24. The second kappa shape index (κ2) is 7.84. The number of rotatable bonds is 6. The van der Waals surface area contributed by atoms with Crippen molar-refractivity contribution in [3.05, 3.63) is 53.8 Å². The molecule has 0 spiro atoms. The van der Waals surface area contributed by atoms with Crippen LogP contribution < -0.4 is 9.47 Å². The maximum absolute atomic E-state index is 12.9. The molecule has 0 bridgehead atoms. The quantitative estimate of drug-likeness (QED) is 0.448. The summed E-state index contributed by atoms with van der Waals surface area (Å²) in [6.07, 6.45) is 2.25. The van der Waals surface area contributed by atoms with Crippen LogP contribution in [0.15, 0.2) is 47.4 Å². The van der Waals surface area contributed by atoms with Crippen LogP contribution in [0, 0.1) is 5.82 Å². The highest BCUT2D eigenvalue weighted by Gasteiger charge is 2.13. The number of halogens is 1. The topological polar surface area (TPSA) is 35.5 Å². The summed E-state index contributed by atoms with van der Waals surface area (Å²) in [4.78, 5) is 12.5. The van der Waals surface area contributed by atoms with Crippen molar-refractivity contribution in [2.45, 2.75) is 24.8 Å². The Labute approximate surface area is 133 Å².